The summed E-state index contributed by atoms with van der Waals surface area (Å²) in [6.45, 7) is 3.46. The van der Waals surface area contributed by atoms with Crippen LogP contribution in [0, 0.1) is 12.8 Å². The molecule has 0 saturated carbocycles. The fourth-order valence-corrected chi connectivity index (χ4v) is 2.93. The lowest BCUT2D eigenvalue weighted by atomic mass is 9.89. The third-order valence-corrected chi connectivity index (χ3v) is 4.42. The molecule has 3 rings (SSSR count). The number of alkyl halides is 2. The van der Waals surface area contributed by atoms with Crippen molar-refractivity contribution in [2.24, 2.45) is 5.92 Å². The van der Waals surface area contributed by atoms with E-state index in [9.17, 15) is 9.18 Å². The Morgan fingerprint density at radius 3 is 3.11 bits per heavy atom. The Hall–Kier alpha value is -1.14. The highest BCUT2D eigenvalue weighted by atomic mass is 35.5. The highest BCUT2D eigenvalue weighted by Gasteiger charge is 2.56. The van der Waals surface area contributed by atoms with E-state index in [0.717, 1.165) is 0 Å². The molecule has 2 aliphatic rings. The maximum absolute atomic E-state index is 14.4. The second-order valence-corrected chi connectivity index (χ2v) is 5.41. The summed E-state index contributed by atoms with van der Waals surface area (Å²) in [7, 11) is 0. The Morgan fingerprint density at radius 2 is 2.42 bits per heavy atom. The molecule has 4 atom stereocenters. The summed E-state index contributed by atoms with van der Waals surface area (Å²) in [6, 6.07) is 0.0853. The molecule has 0 amide bonds. The number of hydrogen-bond donors (Lipinski definition) is 0. The predicted molar refractivity (Wildman–Crippen MR) is 66.4 cm³/mol. The maximum Gasteiger partial charge on any atom is 0.302 e. The van der Waals surface area contributed by atoms with E-state index in [1.165, 1.54) is 10.8 Å². The number of nitrogens with zero attached hydrogens (tertiary/aromatic N) is 2. The van der Waals surface area contributed by atoms with Crippen LogP contribution in [-0.2, 0) is 4.74 Å². The summed E-state index contributed by atoms with van der Waals surface area (Å²) in [5.41, 5.74) is -0.843. The molecule has 2 aliphatic heterocycles. The van der Waals surface area contributed by atoms with Gasteiger partial charge in [-0.2, -0.15) is 4.98 Å². The van der Waals surface area contributed by atoms with Gasteiger partial charge in [0.2, 0.25) is 0 Å². The molecule has 2 bridgehead atoms. The first-order chi connectivity index (χ1) is 8.98. The van der Waals surface area contributed by atoms with Gasteiger partial charge < -0.3 is 9.47 Å². The van der Waals surface area contributed by atoms with E-state index in [2.05, 4.69) is 4.98 Å². The van der Waals surface area contributed by atoms with Crippen molar-refractivity contribution in [1.29, 1.82) is 0 Å². The van der Waals surface area contributed by atoms with Gasteiger partial charge in [-0.1, -0.05) is 6.92 Å². The zero-order valence-electron chi connectivity index (χ0n) is 10.6. The molecule has 5 nitrogen and oxygen atoms in total. The SMILES string of the molecule is Cc1cn2c(nc1=O)OC[C@@]1(CCl)O[C@@H]2[C@H](F)[C@@H]1C. The van der Waals surface area contributed by atoms with Crippen LogP contribution in [0.25, 0.3) is 0 Å². The maximum atomic E-state index is 14.4. The van der Waals surface area contributed by atoms with Gasteiger partial charge >= 0.3 is 6.01 Å². The van der Waals surface area contributed by atoms with Crippen molar-refractivity contribution in [2.45, 2.75) is 31.8 Å². The Kier molecular flexibility index (Phi) is 2.83. The number of aromatic nitrogens is 2. The zero-order chi connectivity index (χ0) is 13.8. The van der Waals surface area contributed by atoms with Crippen LogP contribution in [0.3, 0.4) is 0 Å². The second kappa shape index (κ2) is 4.18. The molecule has 1 aromatic rings. The van der Waals surface area contributed by atoms with E-state index in [1.54, 1.807) is 13.8 Å². The van der Waals surface area contributed by atoms with E-state index in [4.69, 9.17) is 21.1 Å². The van der Waals surface area contributed by atoms with E-state index < -0.39 is 18.0 Å². The molecular formula is C12H14ClFN2O3. The lowest BCUT2D eigenvalue weighted by Gasteiger charge is -2.28. The van der Waals surface area contributed by atoms with Gasteiger partial charge in [-0.3, -0.25) is 9.36 Å². The van der Waals surface area contributed by atoms with Crippen LogP contribution in [0.5, 0.6) is 6.01 Å². The van der Waals surface area contributed by atoms with Gasteiger partial charge in [0.05, 0.1) is 5.88 Å². The van der Waals surface area contributed by atoms with Gasteiger partial charge in [0.15, 0.2) is 12.4 Å². The largest absolute Gasteiger partial charge is 0.461 e. The molecule has 104 valence electrons. The minimum Gasteiger partial charge on any atom is -0.461 e. The van der Waals surface area contributed by atoms with Crippen molar-refractivity contribution in [3.63, 3.8) is 0 Å². The number of hydrogen-bond acceptors (Lipinski definition) is 4. The molecule has 1 aromatic heterocycles. The first-order valence-corrected chi connectivity index (χ1v) is 6.62. The monoisotopic (exact) mass is 288 g/mol. The lowest BCUT2D eigenvalue weighted by Crippen LogP contribution is -2.44. The minimum absolute atomic E-state index is 0.0853. The molecule has 0 unspecified atom stereocenters. The Morgan fingerprint density at radius 1 is 1.68 bits per heavy atom. The number of aryl methyl sites for hydroxylation is 1. The van der Waals surface area contributed by atoms with E-state index >= 15 is 0 Å². The topological polar surface area (TPSA) is 53.4 Å². The molecule has 3 heterocycles. The quantitative estimate of drug-likeness (QED) is 0.734. The average molecular weight is 289 g/mol. The summed E-state index contributed by atoms with van der Waals surface area (Å²) in [5, 5.41) is 0. The molecule has 0 aliphatic carbocycles. The first-order valence-electron chi connectivity index (χ1n) is 6.09. The van der Waals surface area contributed by atoms with E-state index in [0.29, 0.717) is 5.56 Å². The number of rotatable bonds is 1. The van der Waals surface area contributed by atoms with E-state index in [1.807, 2.05) is 0 Å². The number of fused-ring (bicyclic) bond motifs is 4. The van der Waals surface area contributed by atoms with Gasteiger partial charge in [0.1, 0.15) is 12.2 Å². The van der Waals surface area contributed by atoms with Crippen molar-refractivity contribution in [1.82, 2.24) is 9.55 Å². The number of halogens is 2. The van der Waals surface area contributed by atoms with Gasteiger partial charge in [-0.25, -0.2) is 4.39 Å². The van der Waals surface area contributed by atoms with Gasteiger partial charge in [0, 0.05) is 17.7 Å². The van der Waals surface area contributed by atoms with Crippen LogP contribution in [0.1, 0.15) is 18.7 Å². The molecule has 19 heavy (non-hydrogen) atoms. The molecule has 1 fully saturated rings. The van der Waals surface area contributed by atoms with Gasteiger partial charge in [0.25, 0.3) is 5.56 Å². The smallest absolute Gasteiger partial charge is 0.302 e. The van der Waals surface area contributed by atoms with Crippen molar-refractivity contribution in [2.75, 3.05) is 12.5 Å². The summed E-state index contributed by atoms with van der Waals surface area (Å²) in [5.74, 6) is -0.258. The molecule has 1 saturated heterocycles. The summed E-state index contributed by atoms with van der Waals surface area (Å²) in [4.78, 5) is 15.4. The van der Waals surface area contributed by atoms with Crippen LogP contribution in [0.4, 0.5) is 4.39 Å². The second-order valence-electron chi connectivity index (χ2n) is 5.15. The van der Waals surface area contributed by atoms with Crippen molar-refractivity contribution < 1.29 is 13.9 Å². The number of ether oxygens (including phenoxy) is 2. The van der Waals surface area contributed by atoms with Crippen molar-refractivity contribution in [3.8, 4) is 6.01 Å². The van der Waals surface area contributed by atoms with Crippen LogP contribution < -0.4 is 10.3 Å². The Bertz CT molecular complexity index is 579. The summed E-state index contributed by atoms with van der Waals surface area (Å²) >= 11 is 5.94. The van der Waals surface area contributed by atoms with E-state index in [-0.39, 0.29) is 30.0 Å². The minimum atomic E-state index is -1.22. The summed E-state index contributed by atoms with van der Waals surface area (Å²) in [6.07, 6.45) is -0.548. The van der Waals surface area contributed by atoms with Crippen LogP contribution >= 0.6 is 11.6 Å². The highest BCUT2D eigenvalue weighted by molar-refractivity contribution is 6.18. The van der Waals surface area contributed by atoms with Crippen LogP contribution in [0.2, 0.25) is 0 Å². The molecule has 0 N–H and O–H groups in total. The van der Waals surface area contributed by atoms with Crippen molar-refractivity contribution in [3.05, 3.63) is 22.1 Å². The molecule has 0 aromatic carbocycles. The normalized spacial score (nSPS) is 36.5. The highest BCUT2D eigenvalue weighted by Crippen LogP contribution is 2.46. The predicted octanol–water partition coefficient (Wildman–Crippen LogP) is 1.42. The fourth-order valence-electron chi connectivity index (χ4n) is 2.55. The van der Waals surface area contributed by atoms with Gasteiger partial charge in [-0.15, -0.1) is 11.6 Å². The zero-order valence-corrected chi connectivity index (χ0v) is 11.4. The fraction of sp³-hybridized carbons (Fsp3) is 0.667. The lowest BCUT2D eigenvalue weighted by molar-refractivity contribution is -0.0762. The van der Waals surface area contributed by atoms with Crippen molar-refractivity contribution >= 4 is 11.6 Å². The third-order valence-electron chi connectivity index (χ3n) is 3.97. The standard InChI is InChI=1S/C12H14ClFN2O3/c1-6-3-16-10-8(14)7(2)12(4-13,19-10)5-18-11(16)15-9(6)17/h3,7-8,10H,4-5H2,1-2H3/t7-,8+,10+,12+/m0/s1. The molecular weight excluding hydrogens is 275 g/mol. The summed E-state index contributed by atoms with van der Waals surface area (Å²) < 4.78 is 27.2. The Labute approximate surface area is 114 Å². The Balaban J connectivity index is 2.14. The molecule has 0 radical (unpaired) electrons. The van der Waals surface area contributed by atoms with Crippen LogP contribution in [0.15, 0.2) is 11.0 Å². The first kappa shape index (κ1) is 12.9. The average Bonchev–Trinajstić information content (AvgIpc) is 2.56. The van der Waals surface area contributed by atoms with Gasteiger partial charge in [-0.05, 0) is 6.92 Å². The third kappa shape index (κ3) is 1.70. The molecule has 0 spiro atoms. The molecule has 7 heteroatoms. The van der Waals surface area contributed by atoms with Crippen LogP contribution in [-0.4, -0.2) is 33.8 Å².